The third-order valence-corrected chi connectivity index (χ3v) is 4.78. The Morgan fingerprint density at radius 2 is 1.75 bits per heavy atom. The van der Waals surface area contributed by atoms with Crippen LogP contribution in [0.1, 0.15) is 35.6 Å². The van der Waals surface area contributed by atoms with Crippen molar-refractivity contribution in [1.82, 2.24) is 0 Å². The molecule has 2 N–H and O–H groups in total. The lowest BCUT2D eigenvalue weighted by Crippen LogP contribution is -3.08. The number of carbonyl (C=O) groups excluding carboxylic acids is 1. The van der Waals surface area contributed by atoms with Crippen LogP contribution in [0.3, 0.4) is 0 Å². The summed E-state index contributed by atoms with van der Waals surface area (Å²) < 4.78 is 0. The Kier molecular flexibility index (Phi) is 5.31. The van der Waals surface area contributed by atoms with Gasteiger partial charge in [0.1, 0.15) is 6.54 Å². The highest BCUT2D eigenvalue weighted by Gasteiger charge is 2.14. The van der Waals surface area contributed by atoms with Crippen LogP contribution in [0, 0.1) is 0 Å². The van der Waals surface area contributed by atoms with Gasteiger partial charge >= 0.3 is 0 Å². The zero-order valence-electron chi connectivity index (χ0n) is 14.7. The Hall–Kier alpha value is -2.13. The van der Waals surface area contributed by atoms with E-state index in [4.69, 9.17) is 0 Å². The number of amides is 1. The fourth-order valence-electron chi connectivity index (χ4n) is 3.43. The van der Waals surface area contributed by atoms with E-state index in [1.165, 1.54) is 40.0 Å². The Morgan fingerprint density at radius 1 is 1.04 bits per heavy atom. The lowest BCUT2D eigenvalue weighted by molar-refractivity contribution is -0.885. The second kappa shape index (κ2) is 7.63. The number of quaternary nitrogens is 1. The van der Waals surface area contributed by atoms with Crippen LogP contribution in [-0.2, 0) is 30.6 Å². The van der Waals surface area contributed by atoms with Crippen molar-refractivity contribution in [1.29, 1.82) is 0 Å². The van der Waals surface area contributed by atoms with Crippen LogP contribution in [0.15, 0.2) is 42.5 Å². The molecule has 1 unspecified atom stereocenters. The fourth-order valence-corrected chi connectivity index (χ4v) is 3.43. The number of hydrogen-bond acceptors (Lipinski definition) is 1. The number of likely N-dealkylation sites (N-methyl/N-ethyl adjacent to an activating group) is 1. The maximum atomic E-state index is 12.3. The number of hydrogen-bond donors (Lipinski definition) is 2. The summed E-state index contributed by atoms with van der Waals surface area (Å²) in [5.41, 5.74) is 6.39. The molecular weight excluding hydrogens is 296 g/mol. The SMILES string of the molecule is CCc1ccc(C[NH+](C)CC(=O)Nc2ccc3c(c2)CCC3)cc1. The third kappa shape index (κ3) is 4.24. The second-order valence-corrected chi connectivity index (χ2v) is 6.87. The van der Waals surface area contributed by atoms with Crippen LogP contribution >= 0.6 is 0 Å². The summed E-state index contributed by atoms with van der Waals surface area (Å²) in [6.45, 7) is 3.50. The maximum absolute atomic E-state index is 12.3. The van der Waals surface area contributed by atoms with Crippen molar-refractivity contribution in [3.05, 3.63) is 64.7 Å². The van der Waals surface area contributed by atoms with Crippen LogP contribution in [0.25, 0.3) is 0 Å². The van der Waals surface area contributed by atoms with E-state index in [0.717, 1.165) is 25.1 Å². The first-order valence-electron chi connectivity index (χ1n) is 8.95. The Labute approximate surface area is 144 Å². The molecule has 0 aromatic heterocycles. The topological polar surface area (TPSA) is 33.5 Å². The smallest absolute Gasteiger partial charge is 0.279 e. The molecule has 1 atom stereocenters. The van der Waals surface area contributed by atoms with Gasteiger partial charge in [0.2, 0.25) is 0 Å². The molecule has 3 rings (SSSR count). The van der Waals surface area contributed by atoms with Gasteiger partial charge in [-0.25, -0.2) is 0 Å². The van der Waals surface area contributed by atoms with Crippen LogP contribution in [-0.4, -0.2) is 19.5 Å². The molecule has 2 aromatic rings. The average Bonchev–Trinajstić information content (AvgIpc) is 3.03. The summed E-state index contributed by atoms with van der Waals surface area (Å²) in [4.78, 5) is 13.5. The van der Waals surface area contributed by atoms with Crippen molar-refractivity contribution in [2.45, 2.75) is 39.2 Å². The second-order valence-electron chi connectivity index (χ2n) is 6.87. The molecule has 24 heavy (non-hydrogen) atoms. The number of benzene rings is 2. The number of carbonyl (C=O) groups is 1. The molecule has 0 aliphatic heterocycles. The fraction of sp³-hybridized carbons (Fsp3) is 0.381. The highest BCUT2D eigenvalue weighted by atomic mass is 16.2. The molecule has 0 saturated carbocycles. The Morgan fingerprint density at radius 3 is 2.50 bits per heavy atom. The summed E-state index contributed by atoms with van der Waals surface area (Å²) >= 11 is 0. The van der Waals surface area contributed by atoms with Crippen molar-refractivity contribution >= 4 is 11.6 Å². The Bertz CT molecular complexity index is 706. The van der Waals surface area contributed by atoms with Gasteiger partial charge in [-0.05, 0) is 54.5 Å². The number of anilines is 1. The first-order chi connectivity index (χ1) is 11.6. The van der Waals surface area contributed by atoms with Crippen molar-refractivity contribution in [2.75, 3.05) is 18.9 Å². The van der Waals surface area contributed by atoms with Gasteiger partial charge in [0, 0.05) is 11.3 Å². The van der Waals surface area contributed by atoms with E-state index in [2.05, 4.69) is 55.7 Å². The number of nitrogens with one attached hydrogen (secondary N) is 2. The highest BCUT2D eigenvalue weighted by Crippen LogP contribution is 2.24. The molecule has 0 saturated heterocycles. The van der Waals surface area contributed by atoms with E-state index in [-0.39, 0.29) is 5.91 Å². The minimum absolute atomic E-state index is 0.0793. The summed E-state index contributed by atoms with van der Waals surface area (Å²) in [5.74, 6) is 0.0793. The predicted molar refractivity (Wildman–Crippen MR) is 98.4 cm³/mol. The molecule has 3 heteroatoms. The van der Waals surface area contributed by atoms with Crippen LogP contribution in [0.5, 0.6) is 0 Å². The first-order valence-corrected chi connectivity index (χ1v) is 8.95. The standard InChI is InChI=1S/C21H26N2O/c1-3-16-7-9-17(10-8-16)14-23(2)15-21(24)22-20-12-11-18-5-4-6-19(18)13-20/h7-13H,3-6,14-15H2,1-2H3,(H,22,24)/p+1. The lowest BCUT2D eigenvalue weighted by atomic mass is 10.1. The number of fused-ring (bicyclic) bond motifs is 1. The van der Waals surface area contributed by atoms with Gasteiger partial charge in [-0.3, -0.25) is 4.79 Å². The molecule has 0 bridgehead atoms. The van der Waals surface area contributed by atoms with Crippen LogP contribution < -0.4 is 10.2 Å². The molecule has 2 aromatic carbocycles. The van der Waals surface area contributed by atoms with Crippen molar-refractivity contribution < 1.29 is 9.69 Å². The quantitative estimate of drug-likeness (QED) is 0.841. The molecule has 0 spiro atoms. The van der Waals surface area contributed by atoms with Crippen molar-refractivity contribution in [3.8, 4) is 0 Å². The van der Waals surface area contributed by atoms with Gasteiger partial charge in [-0.15, -0.1) is 0 Å². The monoisotopic (exact) mass is 323 g/mol. The van der Waals surface area contributed by atoms with Gasteiger partial charge in [0.05, 0.1) is 7.05 Å². The molecule has 1 aliphatic carbocycles. The molecular formula is C21H27N2O+. The zero-order chi connectivity index (χ0) is 16.9. The van der Waals surface area contributed by atoms with E-state index in [1.54, 1.807) is 0 Å². The summed E-state index contributed by atoms with van der Waals surface area (Å²) in [7, 11) is 2.07. The molecule has 126 valence electrons. The molecule has 1 amide bonds. The van der Waals surface area contributed by atoms with Gasteiger partial charge < -0.3 is 10.2 Å². The van der Waals surface area contributed by atoms with Crippen molar-refractivity contribution in [2.24, 2.45) is 0 Å². The largest absolute Gasteiger partial charge is 0.326 e. The predicted octanol–water partition coefficient (Wildman–Crippen LogP) is 2.39. The highest BCUT2D eigenvalue weighted by molar-refractivity contribution is 5.91. The van der Waals surface area contributed by atoms with E-state index in [0.29, 0.717) is 6.54 Å². The number of aryl methyl sites for hydroxylation is 3. The summed E-state index contributed by atoms with van der Waals surface area (Å²) in [6.07, 6.45) is 4.60. The van der Waals surface area contributed by atoms with E-state index < -0.39 is 0 Å². The lowest BCUT2D eigenvalue weighted by Gasteiger charge is -2.14. The maximum Gasteiger partial charge on any atom is 0.279 e. The van der Waals surface area contributed by atoms with Gasteiger partial charge in [-0.2, -0.15) is 0 Å². The van der Waals surface area contributed by atoms with E-state index in [9.17, 15) is 4.79 Å². The van der Waals surface area contributed by atoms with Gasteiger partial charge in [0.25, 0.3) is 5.91 Å². The summed E-state index contributed by atoms with van der Waals surface area (Å²) in [6, 6.07) is 15.0. The van der Waals surface area contributed by atoms with Crippen molar-refractivity contribution in [3.63, 3.8) is 0 Å². The van der Waals surface area contributed by atoms with Gasteiger partial charge in [0.15, 0.2) is 6.54 Å². The third-order valence-electron chi connectivity index (χ3n) is 4.78. The molecule has 0 radical (unpaired) electrons. The molecule has 1 aliphatic rings. The van der Waals surface area contributed by atoms with E-state index in [1.807, 2.05) is 6.07 Å². The number of rotatable bonds is 6. The normalized spacial score (nSPS) is 14.2. The van der Waals surface area contributed by atoms with Gasteiger partial charge in [-0.1, -0.05) is 37.3 Å². The Balaban J connectivity index is 1.52. The van der Waals surface area contributed by atoms with E-state index >= 15 is 0 Å². The van der Waals surface area contributed by atoms with Crippen LogP contribution in [0.4, 0.5) is 5.69 Å². The van der Waals surface area contributed by atoms with Crippen LogP contribution in [0.2, 0.25) is 0 Å². The first kappa shape index (κ1) is 16.7. The average molecular weight is 323 g/mol. The molecule has 3 nitrogen and oxygen atoms in total. The molecule has 0 fully saturated rings. The summed E-state index contributed by atoms with van der Waals surface area (Å²) in [5, 5.41) is 3.05. The minimum atomic E-state index is 0.0793. The zero-order valence-corrected chi connectivity index (χ0v) is 14.7. The molecule has 0 heterocycles. The minimum Gasteiger partial charge on any atom is -0.326 e.